The molecule has 108 valence electrons. The van der Waals surface area contributed by atoms with E-state index < -0.39 is 5.69 Å². The zero-order chi connectivity index (χ0) is 14.4. The first-order valence-corrected chi connectivity index (χ1v) is 6.59. The first-order chi connectivity index (χ1) is 8.97. The molecule has 1 aromatic rings. The van der Waals surface area contributed by atoms with Crippen molar-refractivity contribution in [2.24, 2.45) is 0 Å². The van der Waals surface area contributed by atoms with Crippen LogP contribution in [-0.2, 0) is 17.7 Å². The Morgan fingerprint density at radius 2 is 2.00 bits per heavy atom. The molecule has 0 bridgehead atoms. The molecule has 0 aliphatic heterocycles. The van der Waals surface area contributed by atoms with Gasteiger partial charge in [-0.3, -0.25) is 14.3 Å². The molecule has 0 unspecified atom stereocenters. The molecule has 0 amide bonds. The summed E-state index contributed by atoms with van der Waals surface area (Å²) < 4.78 is 6.50. The second-order valence-electron chi connectivity index (χ2n) is 4.45. The normalized spacial score (nSPS) is 11.2. The molecule has 0 radical (unpaired) electrons. The maximum atomic E-state index is 12.0. The number of halogens is 1. The average molecular weight is 290 g/mol. The van der Waals surface area contributed by atoms with Crippen LogP contribution in [0.4, 0.5) is 0 Å². The number of ether oxygens (including phenoxy) is 1. The van der Waals surface area contributed by atoms with E-state index in [1.165, 1.54) is 0 Å². The second kappa shape index (κ2) is 7.47. The van der Waals surface area contributed by atoms with Gasteiger partial charge in [-0.1, -0.05) is 18.5 Å². The molecule has 0 aliphatic carbocycles. The van der Waals surface area contributed by atoms with Crippen LogP contribution >= 0.6 is 11.6 Å². The van der Waals surface area contributed by atoms with Gasteiger partial charge < -0.3 is 9.64 Å². The number of nitrogens with zero attached hydrogens (tertiary/aromatic N) is 2. The third-order valence-corrected chi connectivity index (χ3v) is 3.05. The second-order valence-corrected chi connectivity index (χ2v) is 4.83. The van der Waals surface area contributed by atoms with Gasteiger partial charge in [-0.15, -0.1) is 0 Å². The minimum absolute atomic E-state index is 0.127. The molecular formula is C12H20ClN3O3. The van der Waals surface area contributed by atoms with Crippen LogP contribution < -0.4 is 11.2 Å². The zero-order valence-electron chi connectivity index (χ0n) is 11.5. The number of aromatic nitrogens is 2. The van der Waals surface area contributed by atoms with Crippen LogP contribution in [0.15, 0.2) is 9.59 Å². The Hall–Kier alpha value is -1.11. The summed E-state index contributed by atoms with van der Waals surface area (Å²) in [6.07, 6.45) is 0.482. The van der Waals surface area contributed by atoms with Crippen LogP contribution in [0.25, 0.3) is 0 Å². The lowest BCUT2D eigenvalue weighted by Gasteiger charge is -2.11. The number of hydrogen-bond donors (Lipinski definition) is 1. The summed E-state index contributed by atoms with van der Waals surface area (Å²) in [7, 11) is 3.90. The van der Waals surface area contributed by atoms with Crippen molar-refractivity contribution >= 4 is 11.6 Å². The molecule has 1 aromatic heterocycles. The quantitative estimate of drug-likeness (QED) is 0.580. The lowest BCUT2D eigenvalue weighted by Crippen LogP contribution is -2.38. The summed E-state index contributed by atoms with van der Waals surface area (Å²) >= 11 is 5.82. The van der Waals surface area contributed by atoms with Crippen molar-refractivity contribution in [3.05, 3.63) is 31.6 Å². The van der Waals surface area contributed by atoms with E-state index in [4.69, 9.17) is 16.3 Å². The van der Waals surface area contributed by atoms with Gasteiger partial charge in [0.1, 0.15) is 5.15 Å². The van der Waals surface area contributed by atoms with Crippen LogP contribution in [0.2, 0.25) is 5.15 Å². The standard InChI is InChI=1S/C12H20ClN3O3/c1-4-9-10(13)14-12(18)16(11(9)17)6-8-19-7-5-15(2)3/h4-8H2,1-3H3,(H,14,18). The Labute approximate surface area is 116 Å². The maximum absolute atomic E-state index is 12.0. The first kappa shape index (κ1) is 15.9. The minimum Gasteiger partial charge on any atom is -0.378 e. The molecule has 1 rings (SSSR count). The van der Waals surface area contributed by atoms with Gasteiger partial charge in [0, 0.05) is 6.54 Å². The van der Waals surface area contributed by atoms with Crippen molar-refractivity contribution in [2.45, 2.75) is 19.9 Å². The van der Waals surface area contributed by atoms with Crippen molar-refractivity contribution in [1.29, 1.82) is 0 Å². The fraction of sp³-hybridized carbons (Fsp3) is 0.667. The molecule has 7 heteroatoms. The van der Waals surface area contributed by atoms with E-state index in [9.17, 15) is 9.59 Å². The molecule has 19 heavy (non-hydrogen) atoms. The molecule has 0 saturated carbocycles. The molecule has 1 heterocycles. The molecule has 0 atom stereocenters. The highest BCUT2D eigenvalue weighted by Crippen LogP contribution is 2.05. The summed E-state index contributed by atoms with van der Waals surface area (Å²) in [5.74, 6) is 0. The van der Waals surface area contributed by atoms with Crippen LogP contribution in [0.3, 0.4) is 0 Å². The lowest BCUT2D eigenvalue weighted by atomic mass is 10.2. The fourth-order valence-electron chi connectivity index (χ4n) is 1.60. The summed E-state index contributed by atoms with van der Waals surface area (Å²) in [6, 6.07) is 0. The van der Waals surface area contributed by atoms with Crippen molar-refractivity contribution < 1.29 is 4.74 Å². The van der Waals surface area contributed by atoms with Crippen LogP contribution in [0.5, 0.6) is 0 Å². The van der Waals surface area contributed by atoms with Crippen molar-refractivity contribution in [3.8, 4) is 0 Å². The highest BCUT2D eigenvalue weighted by atomic mass is 35.5. The van der Waals surface area contributed by atoms with Crippen LogP contribution in [0, 0.1) is 0 Å². The summed E-state index contributed by atoms with van der Waals surface area (Å²) in [6.45, 7) is 3.73. The van der Waals surface area contributed by atoms with E-state index in [1.807, 2.05) is 25.9 Å². The van der Waals surface area contributed by atoms with Crippen molar-refractivity contribution in [1.82, 2.24) is 14.5 Å². The fourth-order valence-corrected chi connectivity index (χ4v) is 1.90. The van der Waals surface area contributed by atoms with Gasteiger partial charge in [0.25, 0.3) is 5.56 Å². The lowest BCUT2D eigenvalue weighted by molar-refractivity contribution is 0.109. The highest BCUT2D eigenvalue weighted by Gasteiger charge is 2.10. The number of hydrogen-bond acceptors (Lipinski definition) is 4. The Bertz CT molecular complexity index is 522. The molecule has 0 spiro atoms. The number of H-pyrrole nitrogens is 1. The third-order valence-electron chi connectivity index (χ3n) is 2.73. The summed E-state index contributed by atoms with van der Waals surface area (Å²) in [4.78, 5) is 28.1. The number of aromatic amines is 1. The molecule has 0 aromatic carbocycles. The van der Waals surface area contributed by atoms with Crippen LogP contribution in [0.1, 0.15) is 12.5 Å². The Morgan fingerprint density at radius 3 is 2.58 bits per heavy atom. The molecule has 1 N–H and O–H groups in total. The minimum atomic E-state index is -0.497. The number of likely N-dealkylation sites (N-methyl/N-ethyl adjacent to an activating group) is 1. The van der Waals surface area contributed by atoms with Crippen molar-refractivity contribution in [3.63, 3.8) is 0 Å². The number of nitrogens with one attached hydrogen (secondary N) is 1. The van der Waals surface area contributed by atoms with Gasteiger partial charge >= 0.3 is 5.69 Å². The Balaban J connectivity index is 2.69. The molecular weight excluding hydrogens is 270 g/mol. The first-order valence-electron chi connectivity index (χ1n) is 6.21. The summed E-state index contributed by atoms with van der Waals surface area (Å²) in [5.41, 5.74) is -0.412. The topological polar surface area (TPSA) is 67.3 Å². The van der Waals surface area contributed by atoms with Gasteiger partial charge in [-0.25, -0.2) is 4.79 Å². The Morgan fingerprint density at radius 1 is 1.32 bits per heavy atom. The van der Waals surface area contributed by atoms with Gasteiger partial charge in [0.15, 0.2) is 0 Å². The zero-order valence-corrected chi connectivity index (χ0v) is 12.3. The third kappa shape index (κ3) is 4.49. The maximum Gasteiger partial charge on any atom is 0.329 e. The van der Waals surface area contributed by atoms with E-state index in [-0.39, 0.29) is 17.3 Å². The largest absolute Gasteiger partial charge is 0.378 e. The van der Waals surface area contributed by atoms with E-state index in [2.05, 4.69) is 4.98 Å². The predicted molar refractivity (Wildman–Crippen MR) is 75.1 cm³/mol. The van der Waals surface area contributed by atoms with E-state index >= 15 is 0 Å². The SMILES string of the molecule is CCc1c(Cl)[nH]c(=O)n(CCOCCN(C)C)c1=O. The molecule has 0 saturated heterocycles. The predicted octanol–water partition coefficient (Wildman–Crippen LogP) is 0.331. The van der Waals surface area contributed by atoms with Gasteiger partial charge in [0.05, 0.1) is 25.3 Å². The Kier molecular flexibility index (Phi) is 6.27. The molecule has 0 aliphatic rings. The van der Waals surface area contributed by atoms with Gasteiger partial charge in [-0.2, -0.15) is 0 Å². The monoisotopic (exact) mass is 289 g/mol. The van der Waals surface area contributed by atoms with E-state index in [0.29, 0.717) is 25.2 Å². The average Bonchev–Trinajstić information content (AvgIpc) is 2.32. The van der Waals surface area contributed by atoms with Crippen molar-refractivity contribution in [2.75, 3.05) is 33.9 Å². The van der Waals surface area contributed by atoms with Crippen LogP contribution in [-0.4, -0.2) is 48.3 Å². The van der Waals surface area contributed by atoms with Gasteiger partial charge in [0.2, 0.25) is 0 Å². The summed E-state index contributed by atoms with van der Waals surface area (Å²) in [5, 5.41) is 0.127. The van der Waals surface area contributed by atoms with E-state index in [1.54, 1.807) is 0 Å². The molecule has 0 fully saturated rings. The molecule has 6 nitrogen and oxygen atoms in total. The number of rotatable bonds is 7. The van der Waals surface area contributed by atoms with Gasteiger partial charge in [-0.05, 0) is 20.5 Å². The highest BCUT2D eigenvalue weighted by molar-refractivity contribution is 6.30. The smallest absolute Gasteiger partial charge is 0.329 e. The van der Waals surface area contributed by atoms with E-state index in [0.717, 1.165) is 11.1 Å².